The normalized spacial score (nSPS) is 17.2. The van der Waals surface area contributed by atoms with Gasteiger partial charge in [-0.25, -0.2) is 4.99 Å². The van der Waals surface area contributed by atoms with E-state index in [1.165, 1.54) is 12.0 Å². The molecule has 2 rings (SSSR count). The molecule has 7 heteroatoms. The SMILES string of the molecule is CN(C)C(=O)CN=C(NCCc1ccccc1)NCC1CCCCO1.I. The Hall–Kier alpha value is -1.35. The number of nitrogens with one attached hydrogen (secondary N) is 2. The van der Waals surface area contributed by atoms with Crippen molar-refractivity contribution >= 4 is 35.8 Å². The monoisotopic (exact) mass is 474 g/mol. The zero-order chi connectivity index (χ0) is 17.9. The molecule has 1 saturated heterocycles. The summed E-state index contributed by atoms with van der Waals surface area (Å²) in [5.41, 5.74) is 1.27. The zero-order valence-corrected chi connectivity index (χ0v) is 18.1. The molecule has 0 bridgehead atoms. The van der Waals surface area contributed by atoms with Gasteiger partial charge in [0.2, 0.25) is 5.91 Å². The lowest BCUT2D eigenvalue weighted by Gasteiger charge is -2.24. The Morgan fingerprint density at radius 1 is 1.23 bits per heavy atom. The van der Waals surface area contributed by atoms with Crippen molar-refractivity contribution in [3.63, 3.8) is 0 Å². The Labute approximate surface area is 173 Å². The summed E-state index contributed by atoms with van der Waals surface area (Å²) in [5, 5.41) is 6.63. The van der Waals surface area contributed by atoms with Crippen LogP contribution in [0.25, 0.3) is 0 Å². The summed E-state index contributed by atoms with van der Waals surface area (Å²) in [5.74, 6) is 0.651. The van der Waals surface area contributed by atoms with Crippen LogP contribution in [0.2, 0.25) is 0 Å². The van der Waals surface area contributed by atoms with Crippen molar-refractivity contribution in [3.8, 4) is 0 Å². The van der Waals surface area contributed by atoms with E-state index < -0.39 is 0 Å². The van der Waals surface area contributed by atoms with Crippen LogP contribution >= 0.6 is 24.0 Å². The Morgan fingerprint density at radius 3 is 2.65 bits per heavy atom. The Kier molecular flexibility index (Phi) is 11.3. The predicted octanol–water partition coefficient (Wildman–Crippen LogP) is 2.04. The van der Waals surface area contributed by atoms with E-state index in [1.54, 1.807) is 19.0 Å². The minimum absolute atomic E-state index is 0. The Morgan fingerprint density at radius 2 is 2.00 bits per heavy atom. The van der Waals surface area contributed by atoms with Crippen molar-refractivity contribution < 1.29 is 9.53 Å². The fraction of sp³-hybridized carbons (Fsp3) is 0.579. The van der Waals surface area contributed by atoms with Crippen molar-refractivity contribution in [3.05, 3.63) is 35.9 Å². The predicted molar refractivity (Wildman–Crippen MR) is 116 cm³/mol. The molecule has 0 spiro atoms. The maximum atomic E-state index is 11.8. The lowest BCUT2D eigenvalue weighted by molar-refractivity contribution is -0.127. The number of ether oxygens (including phenoxy) is 1. The van der Waals surface area contributed by atoms with Crippen LogP contribution in [0.1, 0.15) is 24.8 Å². The molecule has 1 atom stereocenters. The third-order valence-electron chi connectivity index (χ3n) is 4.19. The molecule has 1 unspecified atom stereocenters. The fourth-order valence-electron chi connectivity index (χ4n) is 2.61. The zero-order valence-electron chi connectivity index (χ0n) is 15.7. The first kappa shape index (κ1) is 22.7. The molecular weight excluding hydrogens is 443 g/mol. The third-order valence-corrected chi connectivity index (χ3v) is 4.19. The van der Waals surface area contributed by atoms with Crippen LogP contribution in [0.3, 0.4) is 0 Å². The summed E-state index contributed by atoms with van der Waals surface area (Å²) < 4.78 is 5.75. The lowest BCUT2D eigenvalue weighted by atomic mass is 10.1. The van der Waals surface area contributed by atoms with Gasteiger partial charge in [-0.2, -0.15) is 0 Å². The Balaban J connectivity index is 0.00000338. The van der Waals surface area contributed by atoms with Gasteiger partial charge < -0.3 is 20.3 Å². The molecule has 1 aliphatic heterocycles. The highest BCUT2D eigenvalue weighted by molar-refractivity contribution is 14.0. The second-order valence-corrected chi connectivity index (χ2v) is 6.48. The summed E-state index contributed by atoms with van der Waals surface area (Å²) >= 11 is 0. The van der Waals surface area contributed by atoms with Crippen LogP contribution in [0.5, 0.6) is 0 Å². The van der Waals surface area contributed by atoms with E-state index in [1.807, 2.05) is 18.2 Å². The summed E-state index contributed by atoms with van der Waals surface area (Å²) in [6.45, 7) is 2.45. The summed E-state index contributed by atoms with van der Waals surface area (Å²) in [6.07, 6.45) is 4.55. The molecule has 1 fully saturated rings. The minimum atomic E-state index is -0.0157. The number of benzene rings is 1. The number of aliphatic imine (C=N–C) groups is 1. The highest BCUT2D eigenvalue weighted by Crippen LogP contribution is 2.11. The van der Waals surface area contributed by atoms with Gasteiger partial charge in [-0.3, -0.25) is 4.79 Å². The van der Waals surface area contributed by atoms with E-state index in [9.17, 15) is 4.79 Å². The van der Waals surface area contributed by atoms with E-state index in [4.69, 9.17) is 4.74 Å². The summed E-state index contributed by atoms with van der Waals surface area (Å²) in [7, 11) is 3.48. The summed E-state index contributed by atoms with van der Waals surface area (Å²) in [6, 6.07) is 10.3. The number of amides is 1. The number of carbonyl (C=O) groups excluding carboxylic acids is 1. The van der Waals surface area contributed by atoms with Gasteiger partial charge in [-0.15, -0.1) is 24.0 Å². The molecule has 1 heterocycles. The molecule has 1 aromatic rings. The number of carbonyl (C=O) groups is 1. The number of halogens is 1. The smallest absolute Gasteiger partial charge is 0.243 e. The van der Waals surface area contributed by atoms with Crippen molar-refractivity contribution in [1.82, 2.24) is 15.5 Å². The molecule has 2 N–H and O–H groups in total. The highest BCUT2D eigenvalue weighted by Gasteiger charge is 2.14. The van der Waals surface area contributed by atoms with Crippen molar-refractivity contribution in [2.45, 2.75) is 31.8 Å². The first-order valence-corrected chi connectivity index (χ1v) is 9.03. The van der Waals surface area contributed by atoms with Crippen LogP contribution < -0.4 is 10.6 Å². The molecule has 0 radical (unpaired) electrons. The van der Waals surface area contributed by atoms with Gasteiger partial charge in [-0.05, 0) is 31.2 Å². The van der Waals surface area contributed by atoms with Gasteiger partial charge in [0.15, 0.2) is 5.96 Å². The number of hydrogen-bond acceptors (Lipinski definition) is 3. The van der Waals surface area contributed by atoms with Gasteiger partial charge in [-0.1, -0.05) is 30.3 Å². The van der Waals surface area contributed by atoms with Gasteiger partial charge in [0.05, 0.1) is 6.10 Å². The second kappa shape index (κ2) is 12.9. The van der Waals surface area contributed by atoms with Crippen LogP contribution in [0.4, 0.5) is 0 Å². The highest BCUT2D eigenvalue weighted by atomic mass is 127. The maximum absolute atomic E-state index is 11.8. The molecule has 146 valence electrons. The average molecular weight is 474 g/mol. The molecular formula is C19H31IN4O2. The molecule has 26 heavy (non-hydrogen) atoms. The molecule has 1 amide bonds. The van der Waals surface area contributed by atoms with Crippen LogP contribution in [0, 0.1) is 0 Å². The van der Waals surface area contributed by atoms with Gasteiger partial charge in [0, 0.05) is 33.8 Å². The maximum Gasteiger partial charge on any atom is 0.243 e. The minimum Gasteiger partial charge on any atom is -0.376 e. The first-order valence-electron chi connectivity index (χ1n) is 9.03. The first-order chi connectivity index (χ1) is 12.1. The second-order valence-electron chi connectivity index (χ2n) is 6.48. The molecule has 6 nitrogen and oxygen atoms in total. The fourth-order valence-corrected chi connectivity index (χ4v) is 2.61. The van der Waals surface area contributed by atoms with E-state index in [2.05, 4.69) is 27.8 Å². The van der Waals surface area contributed by atoms with Crippen LogP contribution in [-0.4, -0.2) is 63.2 Å². The number of rotatable bonds is 7. The molecule has 1 aromatic carbocycles. The van der Waals surface area contributed by atoms with Crippen molar-refractivity contribution in [1.29, 1.82) is 0 Å². The molecule has 0 aromatic heterocycles. The number of guanidine groups is 1. The van der Waals surface area contributed by atoms with Gasteiger partial charge in [0.25, 0.3) is 0 Å². The lowest BCUT2D eigenvalue weighted by Crippen LogP contribution is -2.43. The largest absolute Gasteiger partial charge is 0.376 e. The number of hydrogen-bond donors (Lipinski definition) is 2. The van der Waals surface area contributed by atoms with Crippen molar-refractivity contribution in [2.24, 2.45) is 4.99 Å². The van der Waals surface area contributed by atoms with Crippen molar-refractivity contribution in [2.75, 3.05) is 40.3 Å². The molecule has 1 aliphatic rings. The number of nitrogens with zero attached hydrogens (tertiary/aromatic N) is 2. The molecule has 0 saturated carbocycles. The summed E-state index contributed by atoms with van der Waals surface area (Å²) in [4.78, 5) is 17.7. The van der Waals surface area contributed by atoms with E-state index >= 15 is 0 Å². The van der Waals surface area contributed by atoms with Crippen LogP contribution in [-0.2, 0) is 16.0 Å². The number of likely N-dealkylation sites (N-methyl/N-ethyl adjacent to an activating group) is 1. The van der Waals surface area contributed by atoms with E-state index in [-0.39, 0.29) is 42.5 Å². The quantitative estimate of drug-likeness (QED) is 0.361. The van der Waals surface area contributed by atoms with Crippen LogP contribution in [0.15, 0.2) is 35.3 Å². The average Bonchev–Trinajstić information content (AvgIpc) is 2.64. The van der Waals surface area contributed by atoms with Gasteiger partial charge >= 0.3 is 0 Å². The third kappa shape index (κ3) is 8.84. The van der Waals surface area contributed by atoms with E-state index in [0.29, 0.717) is 12.5 Å². The Bertz CT molecular complexity index is 546. The topological polar surface area (TPSA) is 66.0 Å². The standard InChI is InChI=1S/C19H30N4O2.HI/c1-23(2)18(24)15-22-19(21-14-17-10-6-7-13-25-17)20-12-11-16-8-4-3-5-9-16;/h3-5,8-9,17H,6-7,10-15H2,1-2H3,(H2,20,21,22);1H. The van der Waals surface area contributed by atoms with Gasteiger partial charge in [0.1, 0.15) is 6.54 Å². The van der Waals surface area contributed by atoms with E-state index in [0.717, 1.165) is 32.4 Å². The molecule has 0 aliphatic carbocycles.